The minimum Gasteiger partial charge on any atom is -0.290 e. The van der Waals surface area contributed by atoms with E-state index in [0.29, 0.717) is 23.6 Å². The van der Waals surface area contributed by atoms with Crippen LogP contribution in [-0.2, 0) is 6.54 Å². The van der Waals surface area contributed by atoms with Crippen molar-refractivity contribution >= 4 is 5.78 Å². The van der Waals surface area contributed by atoms with E-state index < -0.39 is 11.2 Å². The monoisotopic (exact) mass is 380 g/mol. The number of aromatic nitrogens is 2. The quantitative estimate of drug-likeness (QED) is 0.611. The number of benzene rings is 1. The van der Waals surface area contributed by atoms with Gasteiger partial charge in [0.05, 0.1) is 0 Å². The molecule has 148 valence electrons. The standard InChI is InChI=1S/C23H28N2O3/c1-14(2)19-20(21(26)18-12-15(3)11-16(4)13-18)25(23(28)24-22(19)27)10-9-17-7-5-6-8-17/h5,7,11-14,17H,6,8-10H2,1-4H3,(H,24,27,28). The number of nitrogens with zero attached hydrogens (tertiary/aromatic N) is 1. The fourth-order valence-electron chi connectivity index (χ4n) is 4.05. The molecule has 0 radical (unpaired) electrons. The van der Waals surface area contributed by atoms with Crippen molar-refractivity contribution in [3.63, 3.8) is 0 Å². The number of aryl methyl sites for hydroxylation is 2. The molecule has 1 aliphatic carbocycles. The summed E-state index contributed by atoms with van der Waals surface area (Å²) in [7, 11) is 0. The van der Waals surface area contributed by atoms with Gasteiger partial charge < -0.3 is 0 Å². The highest BCUT2D eigenvalue weighted by molar-refractivity contribution is 6.09. The number of ketones is 1. The first-order chi connectivity index (χ1) is 13.3. The van der Waals surface area contributed by atoms with Gasteiger partial charge in [0.15, 0.2) is 0 Å². The lowest BCUT2D eigenvalue weighted by atomic mass is 9.95. The van der Waals surface area contributed by atoms with Crippen molar-refractivity contribution < 1.29 is 4.79 Å². The van der Waals surface area contributed by atoms with Gasteiger partial charge in [-0.05, 0) is 57.1 Å². The first-order valence-electron chi connectivity index (χ1n) is 9.94. The molecule has 3 rings (SSSR count). The molecule has 1 aliphatic rings. The van der Waals surface area contributed by atoms with E-state index in [4.69, 9.17) is 0 Å². The van der Waals surface area contributed by atoms with Crippen molar-refractivity contribution in [3.05, 3.63) is 79.1 Å². The third kappa shape index (κ3) is 4.08. The van der Waals surface area contributed by atoms with E-state index in [0.717, 1.165) is 30.4 Å². The average Bonchev–Trinajstić information content (AvgIpc) is 3.12. The minimum absolute atomic E-state index is 0.174. The molecule has 5 nitrogen and oxygen atoms in total. The van der Waals surface area contributed by atoms with Gasteiger partial charge in [-0.2, -0.15) is 0 Å². The van der Waals surface area contributed by atoms with Crippen LogP contribution in [0.15, 0.2) is 39.9 Å². The number of hydrogen-bond donors (Lipinski definition) is 1. The first kappa shape index (κ1) is 20.1. The van der Waals surface area contributed by atoms with Crippen LogP contribution in [0.1, 0.15) is 71.8 Å². The molecule has 0 bridgehead atoms. The van der Waals surface area contributed by atoms with Crippen molar-refractivity contribution in [3.8, 4) is 0 Å². The molecule has 1 aromatic heterocycles. The van der Waals surface area contributed by atoms with Crippen molar-refractivity contribution in [2.24, 2.45) is 5.92 Å². The fourth-order valence-corrected chi connectivity index (χ4v) is 4.05. The van der Waals surface area contributed by atoms with Crippen LogP contribution in [0.25, 0.3) is 0 Å². The second-order valence-corrected chi connectivity index (χ2v) is 8.09. The molecule has 1 N–H and O–H groups in total. The molecule has 2 aromatic rings. The summed E-state index contributed by atoms with van der Waals surface area (Å²) in [4.78, 5) is 41.1. The predicted molar refractivity (Wildman–Crippen MR) is 111 cm³/mol. The summed E-state index contributed by atoms with van der Waals surface area (Å²) in [5.74, 6) is -0.0296. The van der Waals surface area contributed by atoms with E-state index in [1.54, 1.807) is 0 Å². The Kier molecular flexibility index (Phi) is 5.82. The van der Waals surface area contributed by atoms with Crippen molar-refractivity contribution in [2.45, 2.75) is 59.4 Å². The number of allylic oxidation sites excluding steroid dienone is 2. The van der Waals surface area contributed by atoms with Gasteiger partial charge in [0, 0.05) is 17.7 Å². The van der Waals surface area contributed by atoms with Gasteiger partial charge in [-0.1, -0.05) is 43.2 Å². The van der Waals surface area contributed by atoms with E-state index >= 15 is 0 Å². The molecular formula is C23H28N2O3. The molecule has 0 amide bonds. The number of rotatable bonds is 6. The number of H-pyrrole nitrogens is 1. The Morgan fingerprint density at radius 2 is 1.86 bits per heavy atom. The number of nitrogens with one attached hydrogen (secondary N) is 1. The molecule has 0 spiro atoms. The third-order valence-electron chi connectivity index (χ3n) is 5.35. The van der Waals surface area contributed by atoms with Gasteiger partial charge in [0.25, 0.3) is 5.56 Å². The first-order valence-corrected chi connectivity index (χ1v) is 9.94. The topological polar surface area (TPSA) is 71.9 Å². The second kappa shape index (κ2) is 8.13. The van der Waals surface area contributed by atoms with E-state index in [-0.39, 0.29) is 17.4 Å². The normalized spacial score (nSPS) is 16.1. The summed E-state index contributed by atoms with van der Waals surface area (Å²) in [5, 5.41) is 0. The summed E-state index contributed by atoms with van der Waals surface area (Å²) in [5.41, 5.74) is 2.10. The van der Waals surface area contributed by atoms with Gasteiger partial charge in [-0.25, -0.2) is 4.79 Å². The molecule has 0 saturated heterocycles. The van der Waals surface area contributed by atoms with Crippen LogP contribution in [-0.4, -0.2) is 15.3 Å². The van der Waals surface area contributed by atoms with Crippen molar-refractivity contribution in [2.75, 3.05) is 0 Å². The smallest absolute Gasteiger partial charge is 0.290 e. The highest BCUT2D eigenvalue weighted by Crippen LogP contribution is 2.23. The number of carbonyl (C=O) groups is 1. The maximum absolute atomic E-state index is 13.5. The van der Waals surface area contributed by atoms with Crippen LogP contribution in [0.3, 0.4) is 0 Å². The van der Waals surface area contributed by atoms with Gasteiger partial charge in [0.1, 0.15) is 5.69 Å². The molecule has 0 saturated carbocycles. The highest BCUT2D eigenvalue weighted by atomic mass is 16.2. The Labute approximate surface area is 165 Å². The lowest BCUT2D eigenvalue weighted by Crippen LogP contribution is -2.38. The zero-order valence-corrected chi connectivity index (χ0v) is 17.0. The predicted octanol–water partition coefficient (Wildman–Crippen LogP) is 3.86. The largest absolute Gasteiger partial charge is 0.328 e. The highest BCUT2D eigenvalue weighted by Gasteiger charge is 2.25. The number of hydrogen-bond acceptors (Lipinski definition) is 3. The van der Waals surface area contributed by atoms with E-state index in [1.807, 2.05) is 45.9 Å². The van der Waals surface area contributed by atoms with E-state index in [2.05, 4.69) is 17.1 Å². The summed E-state index contributed by atoms with van der Waals surface area (Å²) in [6, 6.07) is 5.63. The molecule has 0 fully saturated rings. The van der Waals surface area contributed by atoms with Crippen LogP contribution in [0, 0.1) is 19.8 Å². The number of aromatic amines is 1. The maximum Gasteiger partial charge on any atom is 0.328 e. The Morgan fingerprint density at radius 3 is 2.43 bits per heavy atom. The van der Waals surface area contributed by atoms with E-state index in [1.165, 1.54) is 4.57 Å². The Morgan fingerprint density at radius 1 is 1.18 bits per heavy atom. The molecule has 0 aliphatic heterocycles. The summed E-state index contributed by atoms with van der Waals surface area (Å²) >= 11 is 0. The fraction of sp³-hybridized carbons (Fsp3) is 0.435. The second-order valence-electron chi connectivity index (χ2n) is 8.09. The van der Waals surface area contributed by atoms with Gasteiger partial charge in [0.2, 0.25) is 5.78 Å². The Bertz CT molecular complexity index is 1020. The summed E-state index contributed by atoms with van der Waals surface area (Å²) < 4.78 is 1.48. The van der Waals surface area contributed by atoms with E-state index in [9.17, 15) is 14.4 Å². The summed E-state index contributed by atoms with van der Waals surface area (Å²) in [6.07, 6.45) is 7.21. The Hall–Kier alpha value is -2.69. The van der Waals surface area contributed by atoms with Crippen LogP contribution < -0.4 is 11.2 Å². The van der Waals surface area contributed by atoms with Crippen molar-refractivity contribution in [1.29, 1.82) is 0 Å². The van der Waals surface area contributed by atoms with Crippen LogP contribution >= 0.6 is 0 Å². The number of carbonyl (C=O) groups excluding carboxylic acids is 1. The molecule has 1 aromatic carbocycles. The maximum atomic E-state index is 13.5. The van der Waals surface area contributed by atoms with Crippen LogP contribution in [0.5, 0.6) is 0 Å². The molecule has 1 heterocycles. The molecule has 1 unspecified atom stereocenters. The zero-order valence-electron chi connectivity index (χ0n) is 17.0. The zero-order chi connectivity index (χ0) is 20.4. The van der Waals surface area contributed by atoms with Crippen molar-refractivity contribution in [1.82, 2.24) is 9.55 Å². The van der Waals surface area contributed by atoms with Crippen LogP contribution in [0.2, 0.25) is 0 Å². The summed E-state index contributed by atoms with van der Waals surface area (Å²) in [6.45, 7) is 8.03. The average molecular weight is 380 g/mol. The van der Waals surface area contributed by atoms with Gasteiger partial charge in [-0.15, -0.1) is 0 Å². The van der Waals surface area contributed by atoms with Gasteiger partial charge in [-0.3, -0.25) is 19.1 Å². The minimum atomic E-state index is -0.510. The Balaban J connectivity index is 2.14. The molecule has 28 heavy (non-hydrogen) atoms. The third-order valence-corrected chi connectivity index (χ3v) is 5.35. The molecular weight excluding hydrogens is 352 g/mol. The molecule has 1 atom stereocenters. The lowest BCUT2D eigenvalue weighted by Gasteiger charge is -2.18. The van der Waals surface area contributed by atoms with Crippen LogP contribution in [0.4, 0.5) is 0 Å². The lowest BCUT2D eigenvalue weighted by molar-refractivity contribution is 0.102. The SMILES string of the molecule is Cc1cc(C)cc(C(=O)c2c(C(C)C)c(=O)[nH]c(=O)n2CCC2C=CCC2)c1. The van der Waals surface area contributed by atoms with Gasteiger partial charge >= 0.3 is 5.69 Å². The molecule has 5 heteroatoms.